The lowest BCUT2D eigenvalue weighted by atomic mass is 10.1. The number of rotatable bonds is 5. The van der Waals surface area contributed by atoms with Crippen molar-refractivity contribution in [2.24, 2.45) is 4.99 Å². The van der Waals surface area contributed by atoms with Gasteiger partial charge >= 0.3 is 0 Å². The quantitative estimate of drug-likeness (QED) is 0.479. The van der Waals surface area contributed by atoms with E-state index < -0.39 is 5.56 Å². The molecule has 31 heavy (non-hydrogen) atoms. The zero-order valence-corrected chi connectivity index (χ0v) is 17.1. The Hall–Kier alpha value is -4.17. The Morgan fingerprint density at radius 1 is 1.03 bits per heavy atom. The molecule has 5 nitrogen and oxygen atoms in total. The summed E-state index contributed by atoms with van der Waals surface area (Å²) in [5.74, 6) is -0.179. The van der Waals surface area contributed by atoms with Crippen molar-refractivity contribution < 1.29 is 5.11 Å². The van der Waals surface area contributed by atoms with E-state index in [4.69, 9.17) is 0 Å². The Morgan fingerprint density at radius 3 is 2.48 bits per heavy atom. The molecule has 0 amide bonds. The number of hydrogen-bond donors (Lipinski definition) is 1. The van der Waals surface area contributed by atoms with Gasteiger partial charge in [-0.1, -0.05) is 60.7 Å². The van der Waals surface area contributed by atoms with Gasteiger partial charge in [-0.05, 0) is 47.4 Å². The molecule has 0 saturated carbocycles. The van der Waals surface area contributed by atoms with Gasteiger partial charge in [-0.15, -0.1) is 0 Å². The van der Waals surface area contributed by atoms with Gasteiger partial charge in [0.15, 0.2) is 0 Å². The Bertz CT molecular complexity index is 1380. The molecule has 0 spiro atoms. The van der Waals surface area contributed by atoms with E-state index in [9.17, 15) is 15.2 Å². The summed E-state index contributed by atoms with van der Waals surface area (Å²) in [7, 11) is 0. The first-order valence-electron chi connectivity index (χ1n) is 10.0. The van der Waals surface area contributed by atoms with Gasteiger partial charge in [-0.3, -0.25) is 14.4 Å². The summed E-state index contributed by atoms with van der Waals surface area (Å²) in [5, 5.41) is 22.6. The van der Waals surface area contributed by atoms with Crippen LogP contribution in [0.15, 0.2) is 82.6 Å². The molecule has 1 heterocycles. The lowest BCUT2D eigenvalue weighted by molar-refractivity contribution is 0.404. The van der Waals surface area contributed by atoms with Gasteiger partial charge in [0.2, 0.25) is 5.88 Å². The van der Waals surface area contributed by atoms with E-state index in [1.54, 1.807) is 6.92 Å². The van der Waals surface area contributed by atoms with Crippen molar-refractivity contribution in [3.63, 3.8) is 0 Å². The highest BCUT2D eigenvalue weighted by molar-refractivity contribution is 5.90. The molecule has 152 valence electrons. The molecule has 0 saturated heterocycles. The molecule has 4 aromatic rings. The molecule has 0 radical (unpaired) electrons. The molecule has 1 aromatic heterocycles. The maximum Gasteiger partial charge on any atom is 0.271 e. The second-order valence-electron chi connectivity index (χ2n) is 7.33. The summed E-state index contributed by atoms with van der Waals surface area (Å²) in [6.07, 6.45) is 2.08. The van der Waals surface area contributed by atoms with E-state index in [-0.39, 0.29) is 18.0 Å². The van der Waals surface area contributed by atoms with Gasteiger partial charge < -0.3 is 5.11 Å². The third-order valence-corrected chi connectivity index (χ3v) is 5.39. The third kappa shape index (κ3) is 4.10. The number of benzene rings is 3. The SMILES string of the molecule is Cc1c(C=Nc2ccc3ccccc3c2)c(O)n(CCc2ccccc2)c(=O)c1C#N. The monoisotopic (exact) mass is 407 g/mol. The number of pyridine rings is 1. The number of nitriles is 1. The van der Waals surface area contributed by atoms with Crippen LogP contribution in [0.4, 0.5) is 5.69 Å². The minimum absolute atomic E-state index is 0.0193. The number of nitrogens with zero attached hydrogens (tertiary/aromatic N) is 3. The van der Waals surface area contributed by atoms with E-state index in [1.807, 2.05) is 78.9 Å². The highest BCUT2D eigenvalue weighted by Crippen LogP contribution is 2.24. The first-order valence-corrected chi connectivity index (χ1v) is 10.0. The van der Waals surface area contributed by atoms with Crippen LogP contribution >= 0.6 is 0 Å². The molecule has 0 fully saturated rings. The highest BCUT2D eigenvalue weighted by Gasteiger charge is 2.18. The fourth-order valence-corrected chi connectivity index (χ4v) is 3.61. The molecule has 0 unspecified atom stereocenters. The predicted molar refractivity (Wildman–Crippen MR) is 123 cm³/mol. The molecule has 0 atom stereocenters. The van der Waals surface area contributed by atoms with Gasteiger partial charge in [0.05, 0.1) is 11.3 Å². The van der Waals surface area contributed by atoms with Crippen molar-refractivity contribution in [1.82, 2.24) is 4.57 Å². The maximum absolute atomic E-state index is 12.8. The predicted octanol–water partition coefficient (Wildman–Crippen LogP) is 4.88. The van der Waals surface area contributed by atoms with Gasteiger partial charge in [0.25, 0.3) is 5.56 Å². The molecule has 0 bridgehead atoms. The smallest absolute Gasteiger partial charge is 0.271 e. The van der Waals surface area contributed by atoms with E-state index in [0.717, 1.165) is 22.0 Å². The molecule has 0 aliphatic heterocycles. The molecular formula is C26H21N3O2. The maximum atomic E-state index is 12.8. The van der Waals surface area contributed by atoms with E-state index in [0.29, 0.717) is 17.5 Å². The largest absolute Gasteiger partial charge is 0.494 e. The number of fused-ring (bicyclic) bond motifs is 1. The number of hydrogen-bond acceptors (Lipinski definition) is 4. The van der Waals surface area contributed by atoms with Gasteiger partial charge in [-0.25, -0.2) is 0 Å². The van der Waals surface area contributed by atoms with Crippen molar-refractivity contribution in [3.05, 3.63) is 105 Å². The van der Waals surface area contributed by atoms with E-state index in [1.165, 1.54) is 10.8 Å². The molecule has 0 aliphatic carbocycles. The van der Waals surface area contributed by atoms with Crippen LogP contribution in [0.1, 0.15) is 22.3 Å². The minimum Gasteiger partial charge on any atom is -0.494 e. The van der Waals surface area contributed by atoms with Gasteiger partial charge in [0, 0.05) is 12.8 Å². The zero-order valence-electron chi connectivity index (χ0n) is 17.1. The summed E-state index contributed by atoms with van der Waals surface area (Å²) in [4.78, 5) is 17.3. The highest BCUT2D eigenvalue weighted by atomic mass is 16.3. The second kappa shape index (κ2) is 8.68. The van der Waals surface area contributed by atoms with E-state index >= 15 is 0 Å². The van der Waals surface area contributed by atoms with Crippen LogP contribution in [-0.2, 0) is 13.0 Å². The fourth-order valence-electron chi connectivity index (χ4n) is 3.61. The molecule has 4 rings (SSSR count). The van der Waals surface area contributed by atoms with Crippen molar-refractivity contribution in [1.29, 1.82) is 5.26 Å². The Kier molecular flexibility index (Phi) is 5.63. The Balaban J connectivity index is 1.73. The summed E-state index contributed by atoms with van der Waals surface area (Å²) in [6.45, 7) is 1.92. The number of aromatic nitrogens is 1. The third-order valence-electron chi connectivity index (χ3n) is 5.39. The number of aryl methyl sites for hydroxylation is 1. The second-order valence-corrected chi connectivity index (χ2v) is 7.33. The average molecular weight is 407 g/mol. The first kappa shape index (κ1) is 20.1. The lowest BCUT2D eigenvalue weighted by Gasteiger charge is -2.14. The van der Waals surface area contributed by atoms with Crippen molar-refractivity contribution >= 4 is 22.7 Å². The van der Waals surface area contributed by atoms with Crippen LogP contribution in [0, 0.1) is 18.3 Å². The Labute approximate surface area is 180 Å². The average Bonchev–Trinajstić information content (AvgIpc) is 2.80. The lowest BCUT2D eigenvalue weighted by Crippen LogP contribution is -2.26. The van der Waals surface area contributed by atoms with Crippen molar-refractivity contribution in [3.8, 4) is 11.9 Å². The summed E-state index contributed by atoms with van der Waals surface area (Å²) in [6, 6.07) is 25.5. The van der Waals surface area contributed by atoms with Crippen LogP contribution in [-0.4, -0.2) is 15.9 Å². The Morgan fingerprint density at radius 2 is 1.74 bits per heavy atom. The summed E-state index contributed by atoms with van der Waals surface area (Å²) < 4.78 is 1.25. The zero-order chi connectivity index (χ0) is 21.8. The normalized spacial score (nSPS) is 11.1. The summed E-state index contributed by atoms with van der Waals surface area (Å²) >= 11 is 0. The first-order chi connectivity index (χ1) is 15.1. The van der Waals surface area contributed by atoms with Crippen LogP contribution in [0.5, 0.6) is 5.88 Å². The summed E-state index contributed by atoms with van der Waals surface area (Å²) in [5.41, 5.74) is 2.09. The van der Waals surface area contributed by atoms with Gasteiger partial charge in [-0.2, -0.15) is 5.26 Å². The molecule has 5 heteroatoms. The standard InChI is InChI=1S/C26H21N3O2/c1-18-23(16-27)25(30)29(14-13-19-7-3-2-4-8-19)26(31)24(18)17-28-22-12-11-20-9-5-6-10-21(20)15-22/h2-12,15,17,31H,13-14H2,1H3. The van der Waals surface area contributed by atoms with E-state index in [2.05, 4.69) is 4.99 Å². The van der Waals surface area contributed by atoms with Gasteiger partial charge in [0.1, 0.15) is 11.6 Å². The molecular weight excluding hydrogens is 386 g/mol. The molecule has 3 aromatic carbocycles. The van der Waals surface area contributed by atoms with Crippen LogP contribution in [0.3, 0.4) is 0 Å². The van der Waals surface area contributed by atoms with Crippen LogP contribution in [0.25, 0.3) is 10.8 Å². The fraction of sp³-hybridized carbons (Fsp3) is 0.115. The molecule has 1 N–H and O–H groups in total. The number of aliphatic imine (C=N–C) groups is 1. The van der Waals surface area contributed by atoms with Crippen molar-refractivity contribution in [2.45, 2.75) is 19.9 Å². The minimum atomic E-state index is -0.490. The topological polar surface area (TPSA) is 78.4 Å². The van der Waals surface area contributed by atoms with Crippen molar-refractivity contribution in [2.75, 3.05) is 0 Å². The number of aromatic hydroxyl groups is 1. The van der Waals surface area contributed by atoms with Crippen LogP contribution < -0.4 is 5.56 Å². The van der Waals surface area contributed by atoms with Crippen LogP contribution in [0.2, 0.25) is 0 Å². The molecule has 0 aliphatic rings.